The Balaban J connectivity index is 1.60. The van der Waals surface area contributed by atoms with Crippen molar-refractivity contribution in [3.8, 4) is 0 Å². The van der Waals surface area contributed by atoms with Crippen molar-refractivity contribution in [2.45, 2.75) is 50.5 Å². The van der Waals surface area contributed by atoms with Crippen molar-refractivity contribution >= 4 is 5.91 Å². The summed E-state index contributed by atoms with van der Waals surface area (Å²) in [7, 11) is 0. The number of hydrogen-bond donors (Lipinski definition) is 1. The second kappa shape index (κ2) is 5.69. The molecule has 3 aliphatic rings. The molecule has 22 heavy (non-hydrogen) atoms. The van der Waals surface area contributed by atoms with Gasteiger partial charge in [-0.3, -0.25) is 4.79 Å². The number of piperidine rings is 1. The van der Waals surface area contributed by atoms with Crippen molar-refractivity contribution in [2.75, 3.05) is 13.1 Å². The van der Waals surface area contributed by atoms with Crippen LogP contribution in [-0.4, -0.2) is 29.9 Å². The SMILES string of the molecule is NC[C@@H]1[C@H]2C[C@H]2CN1C(=O)c1ccccc1C1CCCCC1. The fourth-order valence-electron chi connectivity index (χ4n) is 4.72. The van der Waals surface area contributed by atoms with E-state index in [-0.39, 0.29) is 11.9 Å². The Morgan fingerprint density at radius 3 is 2.73 bits per heavy atom. The molecule has 0 radical (unpaired) electrons. The lowest BCUT2D eigenvalue weighted by Crippen LogP contribution is -2.43. The molecule has 3 atom stereocenters. The highest BCUT2D eigenvalue weighted by Crippen LogP contribution is 2.49. The summed E-state index contributed by atoms with van der Waals surface area (Å²) in [6.45, 7) is 1.53. The normalized spacial score (nSPS) is 31.1. The molecular weight excluding hydrogens is 272 g/mol. The molecule has 3 nitrogen and oxygen atoms in total. The highest BCUT2D eigenvalue weighted by atomic mass is 16.2. The Morgan fingerprint density at radius 1 is 1.18 bits per heavy atom. The standard InChI is InChI=1S/C19H26N2O/c20-11-18-17-10-14(17)12-21(18)19(22)16-9-5-4-8-15(16)13-6-2-1-3-7-13/h4-5,8-9,13-14,17-18H,1-3,6-7,10-12,20H2/t14-,17-,18+/m0/s1. The van der Waals surface area contributed by atoms with Gasteiger partial charge in [0.25, 0.3) is 5.91 Å². The number of nitrogens with two attached hydrogens (primary N) is 1. The van der Waals surface area contributed by atoms with E-state index in [1.54, 1.807) is 0 Å². The molecule has 2 N–H and O–H groups in total. The van der Waals surface area contributed by atoms with Gasteiger partial charge in [-0.25, -0.2) is 0 Å². The van der Waals surface area contributed by atoms with Crippen LogP contribution in [0.1, 0.15) is 60.4 Å². The first-order valence-electron chi connectivity index (χ1n) is 8.89. The van der Waals surface area contributed by atoms with Crippen LogP contribution in [0.4, 0.5) is 0 Å². The van der Waals surface area contributed by atoms with Crippen LogP contribution in [0.15, 0.2) is 24.3 Å². The Kier molecular flexibility index (Phi) is 3.69. The molecule has 0 bridgehead atoms. The van der Waals surface area contributed by atoms with Crippen molar-refractivity contribution in [3.05, 3.63) is 35.4 Å². The van der Waals surface area contributed by atoms with Gasteiger partial charge in [-0.2, -0.15) is 0 Å². The maximum absolute atomic E-state index is 13.1. The summed E-state index contributed by atoms with van der Waals surface area (Å²) >= 11 is 0. The Hall–Kier alpha value is -1.35. The quantitative estimate of drug-likeness (QED) is 0.931. The number of benzene rings is 1. The second-order valence-corrected chi connectivity index (χ2v) is 7.34. The van der Waals surface area contributed by atoms with Gasteiger partial charge in [0.15, 0.2) is 0 Å². The molecule has 4 rings (SSSR count). The Labute approximate surface area is 132 Å². The molecule has 1 aliphatic heterocycles. The molecule has 2 saturated carbocycles. The monoisotopic (exact) mass is 298 g/mol. The molecule has 1 saturated heterocycles. The minimum atomic E-state index is 0.226. The number of carbonyl (C=O) groups is 1. The largest absolute Gasteiger partial charge is 0.334 e. The first kappa shape index (κ1) is 14.3. The lowest BCUT2D eigenvalue weighted by atomic mass is 9.82. The average molecular weight is 298 g/mol. The second-order valence-electron chi connectivity index (χ2n) is 7.34. The van der Waals surface area contributed by atoms with E-state index in [0.29, 0.717) is 18.4 Å². The third kappa shape index (κ3) is 2.36. The number of hydrogen-bond acceptors (Lipinski definition) is 2. The van der Waals surface area contributed by atoms with Gasteiger partial charge in [0.2, 0.25) is 0 Å². The molecule has 1 amide bonds. The number of carbonyl (C=O) groups excluding carboxylic acids is 1. The number of rotatable bonds is 3. The van der Waals surface area contributed by atoms with E-state index in [2.05, 4.69) is 17.0 Å². The van der Waals surface area contributed by atoms with Gasteiger partial charge in [-0.15, -0.1) is 0 Å². The van der Waals surface area contributed by atoms with Crippen LogP contribution in [0.3, 0.4) is 0 Å². The van der Waals surface area contributed by atoms with Crippen molar-refractivity contribution < 1.29 is 4.79 Å². The van der Waals surface area contributed by atoms with Crippen LogP contribution in [0.25, 0.3) is 0 Å². The van der Waals surface area contributed by atoms with Gasteiger partial charge in [-0.1, -0.05) is 37.5 Å². The topological polar surface area (TPSA) is 46.3 Å². The lowest BCUT2D eigenvalue weighted by molar-refractivity contribution is 0.0710. The number of likely N-dealkylation sites (tertiary alicyclic amines) is 1. The van der Waals surface area contributed by atoms with Crippen LogP contribution in [-0.2, 0) is 0 Å². The third-order valence-corrected chi connectivity index (χ3v) is 6.04. The highest BCUT2D eigenvalue weighted by Gasteiger charge is 2.53. The summed E-state index contributed by atoms with van der Waals surface area (Å²) in [5.41, 5.74) is 8.16. The van der Waals surface area contributed by atoms with Gasteiger partial charge in [0.05, 0.1) is 0 Å². The zero-order valence-electron chi connectivity index (χ0n) is 13.2. The van der Waals surface area contributed by atoms with E-state index >= 15 is 0 Å². The minimum Gasteiger partial charge on any atom is -0.334 e. The van der Waals surface area contributed by atoms with Gasteiger partial charge >= 0.3 is 0 Å². The summed E-state index contributed by atoms with van der Waals surface area (Å²) in [6.07, 6.45) is 7.68. The summed E-state index contributed by atoms with van der Waals surface area (Å²) in [5, 5.41) is 0. The zero-order valence-corrected chi connectivity index (χ0v) is 13.2. The maximum Gasteiger partial charge on any atom is 0.254 e. The molecule has 0 unspecified atom stereocenters. The third-order valence-electron chi connectivity index (χ3n) is 6.04. The molecule has 0 spiro atoms. The first-order valence-corrected chi connectivity index (χ1v) is 8.89. The molecule has 3 fully saturated rings. The molecule has 1 aromatic rings. The number of amides is 1. The smallest absolute Gasteiger partial charge is 0.254 e. The Morgan fingerprint density at radius 2 is 1.95 bits per heavy atom. The summed E-state index contributed by atoms with van der Waals surface area (Å²) in [4.78, 5) is 15.2. The van der Waals surface area contributed by atoms with E-state index in [1.165, 1.54) is 44.1 Å². The highest BCUT2D eigenvalue weighted by molar-refractivity contribution is 5.96. The summed E-state index contributed by atoms with van der Waals surface area (Å²) < 4.78 is 0. The zero-order chi connectivity index (χ0) is 15.1. The average Bonchev–Trinajstić information content (AvgIpc) is 3.26. The predicted octanol–water partition coefficient (Wildman–Crippen LogP) is 3.15. The molecule has 2 aliphatic carbocycles. The molecule has 1 aromatic carbocycles. The van der Waals surface area contributed by atoms with Crippen LogP contribution in [0, 0.1) is 11.8 Å². The van der Waals surface area contributed by atoms with E-state index in [9.17, 15) is 4.79 Å². The van der Waals surface area contributed by atoms with Crippen LogP contribution < -0.4 is 5.73 Å². The fraction of sp³-hybridized carbons (Fsp3) is 0.632. The van der Waals surface area contributed by atoms with E-state index < -0.39 is 0 Å². The van der Waals surface area contributed by atoms with Crippen LogP contribution in [0.2, 0.25) is 0 Å². The van der Waals surface area contributed by atoms with Gasteiger partial charge in [-0.05, 0) is 48.6 Å². The molecule has 3 heteroatoms. The van der Waals surface area contributed by atoms with E-state index in [0.717, 1.165) is 18.0 Å². The van der Waals surface area contributed by atoms with E-state index in [4.69, 9.17) is 5.73 Å². The number of fused-ring (bicyclic) bond motifs is 1. The summed E-state index contributed by atoms with van der Waals surface area (Å²) in [6, 6.07) is 8.58. The molecule has 1 heterocycles. The minimum absolute atomic E-state index is 0.226. The number of nitrogens with zero attached hydrogens (tertiary/aromatic N) is 1. The maximum atomic E-state index is 13.1. The van der Waals surface area contributed by atoms with Crippen LogP contribution in [0.5, 0.6) is 0 Å². The van der Waals surface area contributed by atoms with Crippen molar-refractivity contribution in [2.24, 2.45) is 17.6 Å². The van der Waals surface area contributed by atoms with Gasteiger partial charge in [0, 0.05) is 24.7 Å². The fourth-order valence-corrected chi connectivity index (χ4v) is 4.72. The van der Waals surface area contributed by atoms with Gasteiger partial charge < -0.3 is 10.6 Å². The molecule has 118 valence electrons. The Bertz CT molecular complexity index is 564. The van der Waals surface area contributed by atoms with Crippen molar-refractivity contribution in [3.63, 3.8) is 0 Å². The predicted molar refractivity (Wildman–Crippen MR) is 87.7 cm³/mol. The van der Waals surface area contributed by atoms with Crippen LogP contribution >= 0.6 is 0 Å². The van der Waals surface area contributed by atoms with Gasteiger partial charge in [0.1, 0.15) is 0 Å². The summed E-state index contributed by atoms with van der Waals surface area (Å²) in [5.74, 6) is 2.20. The van der Waals surface area contributed by atoms with E-state index in [1.807, 2.05) is 12.1 Å². The first-order chi connectivity index (χ1) is 10.8. The molecular formula is C19H26N2O. The van der Waals surface area contributed by atoms with Crippen molar-refractivity contribution in [1.82, 2.24) is 4.90 Å². The molecule has 0 aromatic heterocycles. The lowest BCUT2D eigenvalue weighted by Gasteiger charge is -2.29. The van der Waals surface area contributed by atoms with Crippen molar-refractivity contribution in [1.29, 1.82) is 0 Å².